The first-order valence-corrected chi connectivity index (χ1v) is 10.6. The topological polar surface area (TPSA) is 12.0 Å². The van der Waals surface area contributed by atoms with Crippen LogP contribution in [0.1, 0.15) is 116 Å². The lowest BCUT2D eigenvalue weighted by Crippen LogP contribution is -2.21. The molecule has 0 unspecified atom stereocenters. The zero-order chi connectivity index (χ0) is 15.7. The molecule has 3 fully saturated rings. The summed E-state index contributed by atoms with van der Waals surface area (Å²) in [6.07, 6.45) is 25.1. The Labute approximate surface area is 141 Å². The van der Waals surface area contributed by atoms with Gasteiger partial charge in [0.2, 0.25) is 0 Å². The first-order valence-electron chi connectivity index (χ1n) is 10.6. The van der Waals surface area contributed by atoms with Gasteiger partial charge < -0.3 is 5.32 Å². The summed E-state index contributed by atoms with van der Waals surface area (Å²) in [5, 5.41) is 3.28. The van der Waals surface area contributed by atoms with Crippen LogP contribution in [0.5, 0.6) is 0 Å². The molecular weight excluding hydrogens is 266 g/mol. The van der Waals surface area contributed by atoms with Crippen LogP contribution in [0, 0.1) is 5.92 Å². The quantitative estimate of drug-likeness (QED) is 0.528. The van der Waals surface area contributed by atoms with Crippen LogP contribution in [0.2, 0.25) is 0 Å². The molecule has 1 heterocycles. The van der Waals surface area contributed by atoms with Gasteiger partial charge in [0.15, 0.2) is 0 Å². The summed E-state index contributed by atoms with van der Waals surface area (Å²) in [5.74, 6) is 1.14. The maximum absolute atomic E-state index is 3.28. The smallest absolute Gasteiger partial charge is 0.00489 e. The number of piperidine rings is 1. The number of hydrogen-bond acceptors (Lipinski definition) is 1. The molecule has 0 aromatic heterocycles. The van der Waals surface area contributed by atoms with Crippen LogP contribution in [0.4, 0.5) is 0 Å². The van der Waals surface area contributed by atoms with Gasteiger partial charge in [-0.2, -0.15) is 0 Å². The fraction of sp³-hybridized carbons (Fsp3) is 1.00. The van der Waals surface area contributed by atoms with Gasteiger partial charge in [0.05, 0.1) is 0 Å². The first-order chi connectivity index (χ1) is 10.9. The van der Waals surface area contributed by atoms with Crippen molar-refractivity contribution in [3.05, 3.63) is 0 Å². The highest BCUT2D eigenvalue weighted by Crippen LogP contribution is 2.31. The van der Waals surface area contributed by atoms with Gasteiger partial charge in [-0.15, -0.1) is 0 Å². The minimum Gasteiger partial charge on any atom is -0.317 e. The molecule has 132 valence electrons. The Morgan fingerprint density at radius 1 is 0.636 bits per heavy atom. The third kappa shape index (κ3) is 12.5. The molecule has 22 heavy (non-hydrogen) atoms. The average molecular weight is 310 g/mol. The Morgan fingerprint density at radius 3 is 1.55 bits per heavy atom. The highest BCUT2D eigenvalue weighted by Gasteiger charge is 2.15. The van der Waals surface area contributed by atoms with Gasteiger partial charge in [0.25, 0.3) is 0 Å². The van der Waals surface area contributed by atoms with Gasteiger partial charge in [-0.1, -0.05) is 103 Å². The van der Waals surface area contributed by atoms with Crippen molar-refractivity contribution in [2.45, 2.75) is 116 Å². The summed E-state index contributed by atoms with van der Waals surface area (Å²) >= 11 is 0. The van der Waals surface area contributed by atoms with Crippen molar-refractivity contribution in [2.24, 2.45) is 5.92 Å². The summed E-state index contributed by atoms with van der Waals surface area (Å²) in [4.78, 5) is 0. The average Bonchev–Trinajstić information content (AvgIpc) is 3.11. The minimum atomic E-state index is 1.14. The van der Waals surface area contributed by atoms with E-state index < -0.39 is 0 Å². The fourth-order valence-corrected chi connectivity index (χ4v) is 3.50. The van der Waals surface area contributed by atoms with Crippen molar-refractivity contribution in [3.8, 4) is 0 Å². The van der Waals surface area contributed by atoms with E-state index in [-0.39, 0.29) is 0 Å². The Kier molecular flexibility index (Phi) is 14.4. The molecule has 0 aromatic rings. The van der Waals surface area contributed by atoms with Crippen LogP contribution in [-0.4, -0.2) is 13.1 Å². The predicted molar refractivity (Wildman–Crippen MR) is 101 cm³/mol. The van der Waals surface area contributed by atoms with E-state index in [4.69, 9.17) is 0 Å². The lowest BCUT2D eigenvalue weighted by atomic mass is 9.82. The molecule has 1 aliphatic heterocycles. The number of rotatable bonds is 6. The van der Waals surface area contributed by atoms with E-state index in [9.17, 15) is 0 Å². The Morgan fingerprint density at radius 2 is 1.18 bits per heavy atom. The van der Waals surface area contributed by atoms with Gasteiger partial charge in [0, 0.05) is 0 Å². The summed E-state index contributed by atoms with van der Waals surface area (Å²) in [6.45, 7) is 4.78. The Bertz CT molecular complexity index is 183. The maximum atomic E-state index is 3.28. The van der Waals surface area contributed by atoms with Crippen molar-refractivity contribution < 1.29 is 0 Å². The molecule has 1 N–H and O–H groups in total. The van der Waals surface area contributed by atoms with Crippen LogP contribution < -0.4 is 5.32 Å². The van der Waals surface area contributed by atoms with E-state index in [1.807, 2.05) is 0 Å². The van der Waals surface area contributed by atoms with Crippen LogP contribution in [0.25, 0.3) is 0 Å². The molecule has 1 saturated heterocycles. The standard InChI is InChI=1S/C11H22.C5H11N.C5H10/c1-2-3-4-5-6-8-11-9-7-10-11;1-2-4-6-5-3-1;1-2-4-5-3-1/h11H,2-10H2,1H3;6H,1-5H2;1-5H2. The first kappa shape index (κ1) is 20.0. The molecule has 0 atom stereocenters. The zero-order valence-corrected chi connectivity index (χ0v) is 15.5. The largest absolute Gasteiger partial charge is 0.317 e. The maximum Gasteiger partial charge on any atom is -0.00489 e. The van der Waals surface area contributed by atoms with Gasteiger partial charge >= 0.3 is 0 Å². The number of hydrogen-bond donors (Lipinski definition) is 1. The molecule has 0 radical (unpaired) electrons. The molecule has 0 amide bonds. The second-order valence-electron chi connectivity index (χ2n) is 7.58. The molecule has 3 rings (SSSR count). The molecule has 2 saturated carbocycles. The molecule has 1 heteroatoms. The highest BCUT2D eigenvalue weighted by molar-refractivity contribution is 4.68. The van der Waals surface area contributed by atoms with E-state index in [1.165, 1.54) is 122 Å². The van der Waals surface area contributed by atoms with E-state index in [0.29, 0.717) is 0 Å². The summed E-state index contributed by atoms with van der Waals surface area (Å²) in [7, 11) is 0. The van der Waals surface area contributed by atoms with Crippen molar-refractivity contribution >= 4 is 0 Å². The minimum absolute atomic E-state index is 1.14. The third-order valence-corrected chi connectivity index (χ3v) is 5.40. The van der Waals surface area contributed by atoms with E-state index in [2.05, 4.69) is 12.2 Å². The van der Waals surface area contributed by atoms with Crippen molar-refractivity contribution in [3.63, 3.8) is 0 Å². The van der Waals surface area contributed by atoms with Gasteiger partial charge in [-0.3, -0.25) is 0 Å². The SMILES string of the molecule is C1CCCC1.C1CCNCC1.CCCCCCCC1CCC1. The van der Waals surface area contributed by atoms with Crippen LogP contribution >= 0.6 is 0 Å². The van der Waals surface area contributed by atoms with Crippen LogP contribution in [0.15, 0.2) is 0 Å². The fourth-order valence-electron chi connectivity index (χ4n) is 3.50. The molecule has 3 aliphatic rings. The number of unbranched alkanes of at least 4 members (excludes halogenated alkanes) is 4. The summed E-state index contributed by atoms with van der Waals surface area (Å²) in [6, 6.07) is 0. The molecular formula is C21H43N. The normalized spacial score (nSPS) is 21.1. The lowest BCUT2D eigenvalue weighted by Gasteiger charge is -2.24. The third-order valence-electron chi connectivity index (χ3n) is 5.40. The zero-order valence-electron chi connectivity index (χ0n) is 15.5. The molecule has 0 spiro atoms. The molecule has 0 bridgehead atoms. The molecule has 1 nitrogen and oxygen atoms in total. The second-order valence-corrected chi connectivity index (χ2v) is 7.58. The summed E-state index contributed by atoms with van der Waals surface area (Å²) < 4.78 is 0. The van der Waals surface area contributed by atoms with Gasteiger partial charge in [-0.25, -0.2) is 0 Å². The van der Waals surface area contributed by atoms with Gasteiger partial charge in [0.1, 0.15) is 0 Å². The Balaban J connectivity index is 0.000000184. The Hall–Kier alpha value is -0.0400. The predicted octanol–water partition coefficient (Wildman–Crippen LogP) is 6.86. The van der Waals surface area contributed by atoms with E-state index >= 15 is 0 Å². The van der Waals surface area contributed by atoms with Crippen LogP contribution in [-0.2, 0) is 0 Å². The van der Waals surface area contributed by atoms with Crippen molar-refractivity contribution in [2.75, 3.05) is 13.1 Å². The molecule has 2 aliphatic carbocycles. The monoisotopic (exact) mass is 309 g/mol. The van der Waals surface area contributed by atoms with E-state index in [0.717, 1.165) is 5.92 Å². The van der Waals surface area contributed by atoms with Crippen LogP contribution in [0.3, 0.4) is 0 Å². The van der Waals surface area contributed by atoms with Crippen molar-refractivity contribution in [1.29, 1.82) is 0 Å². The van der Waals surface area contributed by atoms with Gasteiger partial charge in [-0.05, 0) is 31.8 Å². The summed E-state index contributed by atoms with van der Waals surface area (Å²) in [5.41, 5.74) is 0. The number of nitrogens with one attached hydrogen (secondary N) is 1. The van der Waals surface area contributed by atoms with E-state index in [1.54, 1.807) is 0 Å². The lowest BCUT2D eigenvalue weighted by molar-refractivity contribution is 0.286. The second kappa shape index (κ2) is 15.8. The highest BCUT2D eigenvalue weighted by atomic mass is 14.9. The molecule has 0 aromatic carbocycles. The van der Waals surface area contributed by atoms with Crippen molar-refractivity contribution in [1.82, 2.24) is 5.32 Å².